The molecule has 1 N–H and O–H groups in total. The van der Waals surface area contributed by atoms with Gasteiger partial charge in [-0.3, -0.25) is 4.90 Å². The number of nitrogens with zero attached hydrogens (tertiary/aromatic N) is 2. The van der Waals surface area contributed by atoms with Crippen LogP contribution in [-0.2, 0) is 9.47 Å². The van der Waals surface area contributed by atoms with E-state index in [4.69, 9.17) is 9.47 Å². The Balaban J connectivity index is 1.34. The highest BCUT2D eigenvalue weighted by Gasteiger charge is 2.47. The van der Waals surface area contributed by atoms with E-state index in [1.165, 1.54) is 0 Å². The lowest BCUT2D eigenvalue weighted by Crippen LogP contribution is -2.52. The normalized spacial score (nSPS) is 35.0. The summed E-state index contributed by atoms with van der Waals surface area (Å²) in [5.74, 6) is 0.597. The van der Waals surface area contributed by atoms with Crippen molar-refractivity contribution in [1.82, 2.24) is 15.1 Å². The maximum absolute atomic E-state index is 12.1. The van der Waals surface area contributed by atoms with E-state index in [1.54, 1.807) is 0 Å². The second-order valence-corrected chi connectivity index (χ2v) is 7.69. The first-order valence-electron chi connectivity index (χ1n) is 9.23. The Morgan fingerprint density at radius 2 is 2.04 bits per heavy atom. The van der Waals surface area contributed by atoms with Crippen LogP contribution < -0.4 is 5.32 Å². The van der Waals surface area contributed by atoms with Crippen molar-refractivity contribution in [1.29, 1.82) is 0 Å². The fourth-order valence-corrected chi connectivity index (χ4v) is 5.01. The van der Waals surface area contributed by atoms with Crippen LogP contribution in [0.15, 0.2) is 0 Å². The second-order valence-electron chi connectivity index (χ2n) is 7.69. The van der Waals surface area contributed by atoms with Gasteiger partial charge in [-0.15, -0.1) is 0 Å². The lowest BCUT2D eigenvalue weighted by Gasteiger charge is -2.43. The number of rotatable bonds is 2. The largest absolute Gasteiger partial charge is 0.450 e. The fourth-order valence-electron chi connectivity index (χ4n) is 5.01. The predicted octanol–water partition coefficient (Wildman–Crippen LogP) is 1.57. The van der Waals surface area contributed by atoms with E-state index in [9.17, 15) is 9.59 Å². The number of carbonyl (C=O) groups is 2. The molecule has 1 saturated carbocycles. The molecule has 4 rings (SSSR count). The SMILES string of the molecule is CCOC(=O)N1CC2CC(N3CCC4(CC3)CNC(=O)O4)CC1C2. The van der Waals surface area contributed by atoms with Gasteiger partial charge in [0.15, 0.2) is 0 Å². The number of hydrogen-bond acceptors (Lipinski definition) is 5. The van der Waals surface area contributed by atoms with Gasteiger partial charge in [0.2, 0.25) is 0 Å². The average Bonchev–Trinajstić information content (AvgIpc) is 3.08. The molecule has 7 nitrogen and oxygen atoms in total. The van der Waals surface area contributed by atoms with Gasteiger partial charge in [0.05, 0.1) is 13.2 Å². The number of carbonyl (C=O) groups excluding carboxylic acids is 2. The van der Waals surface area contributed by atoms with Crippen molar-refractivity contribution in [3.8, 4) is 0 Å². The number of amides is 2. The van der Waals surface area contributed by atoms with Crippen molar-refractivity contribution in [3.63, 3.8) is 0 Å². The smallest absolute Gasteiger partial charge is 0.410 e. The molecule has 2 amide bonds. The van der Waals surface area contributed by atoms with Gasteiger partial charge in [-0.05, 0) is 32.1 Å². The van der Waals surface area contributed by atoms with Gasteiger partial charge in [-0.1, -0.05) is 0 Å². The second kappa shape index (κ2) is 6.10. The Kier molecular flexibility index (Phi) is 4.06. The molecule has 1 aliphatic carbocycles. The Labute approximate surface area is 142 Å². The van der Waals surface area contributed by atoms with Crippen LogP contribution in [0.4, 0.5) is 9.59 Å². The zero-order valence-corrected chi connectivity index (χ0v) is 14.3. The van der Waals surface area contributed by atoms with Crippen LogP contribution >= 0.6 is 0 Å². The van der Waals surface area contributed by atoms with Crippen LogP contribution in [0.3, 0.4) is 0 Å². The third-order valence-corrected chi connectivity index (χ3v) is 6.24. The monoisotopic (exact) mass is 337 g/mol. The quantitative estimate of drug-likeness (QED) is 0.828. The summed E-state index contributed by atoms with van der Waals surface area (Å²) in [6, 6.07) is 0.866. The number of alkyl carbamates (subject to hydrolysis) is 1. The van der Waals surface area contributed by atoms with Crippen molar-refractivity contribution in [3.05, 3.63) is 0 Å². The average molecular weight is 337 g/mol. The highest BCUT2D eigenvalue weighted by Crippen LogP contribution is 2.40. The molecule has 7 heteroatoms. The zero-order chi connectivity index (χ0) is 16.7. The maximum atomic E-state index is 12.1. The first-order valence-corrected chi connectivity index (χ1v) is 9.23. The lowest BCUT2D eigenvalue weighted by atomic mass is 9.83. The minimum Gasteiger partial charge on any atom is -0.450 e. The molecule has 3 aliphatic heterocycles. The molecule has 3 heterocycles. The van der Waals surface area contributed by atoms with Crippen LogP contribution in [0, 0.1) is 5.92 Å². The van der Waals surface area contributed by atoms with Crippen molar-refractivity contribution >= 4 is 12.2 Å². The Morgan fingerprint density at radius 1 is 1.29 bits per heavy atom. The van der Waals surface area contributed by atoms with Crippen molar-refractivity contribution in [2.24, 2.45) is 5.92 Å². The van der Waals surface area contributed by atoms with E-state index in [0.717, 1.165) is 51.7 Å². The third kappa shape index (κ3) is 2.83. The molecule has 3 saturated heterocycles. The van der Waals surface area contributed by atoms with Crippen molar-refractivity contribution < 1.29 is 19.1 Å². The predicted molar refractivity (Wildman–Crippen MR) is 86.7 cm³/mol. The van der Waals surface area contributed by atoms with E-state index in [0.29, 0.717) is 31.2 Å². The minimum absolute atomic E-state index is 0.146. The summed E-state index contributed by atoms with van der Waals surface area (Å²) in [5, 5.41) is 2.79. The summed E-state index contributed by atoms with van der Waals surface area (Å²) in [4.78, 5) is 28.0. The molecule has 1 spiro atoms. The van der Waals surface area contributed by atoms with Gasteiger partial charge in [-0.2, -0.15) is 0 Å². The number of nitrogens with one attached hydrogen (secondary N) is 1. The molecule has 24 heavy (non-hydrogen) atoms. The topological polar surface area (TPSA) is 71.1 Å². The van der Waals surface area contributed by atoms with Gasteiger partial charge < -0.3 is 19.7 Å². The van der Waals surface area contributed by atoms with Crippen LogP contribution in [0.25, 0.3) is 0 Å². The van der Waals surface area contributed by atoms with Gasteiger partial charge in [-0.25, -0.2) is 9.59 Å². The first-order chi connectivity index (χ1) is 11.6. The molecule has 3 unspecified atom stereocenters. The summed E-state index contributed by atoms with van der Waals surface area (Å²) >= 11 is 0. The molecule has 0 aromatic carbocycles. The molecule has 4 aliphatic rings. The van der Waals surface area contributed by atoms with Crippen LogP contribution in [0.2, 0.25) is 0 Å². The number of ether oxygens (including phenoxy) is 2. The van der Waals surface area contributed by atoms with Crippen LogP contribution in [-0.4, -0.2) is 72.5 Å². The van der Waals surface area contributed by atoms with Gasteiger partial charge in [0, 0.05) is 44.6 Å². The van der Waals surface area contributed by atoms with Crippen molar-refractivity contribution in [2.45, 2.75) is 56.7 Å². The van der Waals surface area contributed by atoms with E-state index >= 15 is 0 Å². The Morgan fingerprint density at radius 3 is 2.71 bits per heavy atom. The summed E-state index contributed by atoms with van der Waals surface area (Å²) in [6.07, 6.45) is 4.71. The molecule has 134 valence electrons. The highest BCUT2D eigenvalue weighted by atomic mass is 16.6. The van der Waals surface area contributed by atoms with Crippen LogP contribution in [0.1, 0.15) is 39.0 Å². The third-order valence-electron chi connectivity index (χ3n) is 6.24. The Hall–Kier alpha value is -1.50. The number of fused-ring (bicyclic) bond motifs is 2. The fraction of sp³-hybridized carbons (Fsp3) is 0.882. The van der Waals surface area contributed by atoms with Crippen LogP contribution in [0.5, 0.6) is 0 Å². The van der Waals surface area contributed by atoms with E-state index < -0.39 is 0 Å². The summed E-state index contributed by atoms with van der Waals surface area (Å²) < 4.78 is 10.7. The van der Waals surface area contributed by atoms with Gasteiger partial charge in [0.1, 0.15) is 5.60 Å². The molecule has 0 aromatic rings. The van der Waals surface area contributed by atoms with Gasteiger partial charge in [0.25, 0.3) is 0 Å². The first kappa shape index (κ1) is 16.0. The van der Waals surface area contributed by atoms with E-state index in [1.807, 2.05) is 11.8 Å². The number of likely N-dealkylation sites (tertiary alicyclic amines) is 2. The summed E-state index contributed by atoms with van der Waals surface area (Å²) in [6.45, 7) is 5.73. The minimum atomic E-state index is -0.280. The van der Waals surface area contributed by atoms with Crippen molar-refractivity contribution in [2.75, 3.05) is 32.8 Å². The zero-order valence-electron chi connectivity index (χ0n) is 14.3. The standard InChI is InChI=1S/C17H27N3O4/c1-2-23-16(22)20-10-12-7-13(9-14(20)8-12)19-5-3-17(4-6-19)11-18-15(21)24-17/h12-14H,2-11H2,1H3,(H,18,21). The summed E-state index contributed by atoms with van der Waals surface area (Å²) in [7, 11) is 0. The van der Waals surface area contributed by atoms with E-state index in [2.05, 4.69) is 10.2 Å². The summed E-state index contributed by atoms with van der Waals surface area (Å²) in [5.41, 5.74) is -0.280. The molecule has 3 atom stereocenters. The van der Waals surface area contributed by atoms with E-state index in [-0.39, 0.29) is 17.8 Å². The van der Waals surface area contributed by atoms with Gasteiger partial charge >= 0.3 is 12.2 Å². The number of piperidine rings is 1. The lowest BCUT2D eigenvalue weighted by molar-refractivity contribution is -0.0169. The molecule has 4 fully saturated rings. The Bertz CT molecular complexity index is 518. The maximum Gasteiger partial charge on any atom is 0.410 e. The highest BCUT2D eigenvalue weighted by molar-refractivity contribution is 5.70. The number of hydrogen-bond donors (Lipinski definition) is 1. The molecule has 2 bridgehead atoms. The molecular weight excluding hydrogens is 310 g/mol. The molecule has 0 radical (unpaired) electrons. The molecular formula is C17H27N3O4. The molecule has 0 aromatic heterocycles.